The second kappa shape index (κ2) is 7.27. The van der Waals surface area contributed by atoms with E-state index >= 15 is 0 Å². The van der Waals surface area contributed by atoms with Gasteiger partial charge in [0.2, 0.25) is 5.91 Å². The average Bonchev–Trinajstić information content (AvgIpc) is 3.01. The summed E-state index contributed by atoms with van der Waals surface area (Å²) >= 11 is 1.32. The third-order valence-corrected chi connectivity index (χ3v) is 5.21. The largest absolute Gasteiger partial charge is 0.355 e. The summed E-state index contributed by atoms with van der Waals surface area (Å²) in [4.78, 5) is 28.6. The van der Waals surface area contributed by atoms with Crippen molar-refractivity contribution in [1.82, 2.24) is 15.1 Å². The zero-order chi connectivity index (χ0) is 17.1. The first kappa shape index (κ1) is 16.9. The molecule has 0 bridgehead atoms. The quantitative estimate of drug-likeness (QED) is 0.918. The summed E-state index contributed by atoms with van der Waals surface area (Å²) in [6.45, 7) is 5.38. The third kappa shape index (κ3) is 3.57. The number of hydrogen-bond donors (Lipinski definition) is 1. The number of likely N-dealkylation sites (N-methyl/N-ethyl adjacent to an activating group) is 1. The van der Waals surface area contributed by atoms with Crippen molar-refractivity contribution in [2.24, 2.45) is 0 Å². The lowest BCUT2D eigenvalue weighted by atomic mass is 10.2. The summed E-state index contributed by atoms with van der Waals surface area (Å²) in [5.74, 6) is -0.347. The van der Waals surface area contributed by atoms with Gasteiger partial charge in [-0.25, -0.2) is 4.39 Å². The van der Waals surface area contributed by atoms with Crippen LogP contribution >= 0.6 is 11.3 Å². The van der Waals surface area contributed by atoms with Gasteiger partial charge in [-0.3, -0.25) is 14.5 Å². The third-order valence-electron chi connectivity index (χ3n) is 4.12. The molecule has 1 aromatic carbocycles. The molecule has 0 saturated carbocycles. The first-order chi connectivity index (χ1) is 11.6. The fourth-order valence-electron chi connectivity index (χ4n) is 2.85. The number of piperazine rings is 1. The van der Waals surface area contributed by atoms with E-state index in [2.05, 4.69) is 5.32 Å². The van der Waals surface area contributed by atoms with E-state index in [0.717, 1.165) is 4.70 Å². The smallest absolute Gasteiger partial charge is 0.264 e. The van der Waals surface area contributed by atoms with Crippen molar-refractivity contribution in [3.8, 4) is 0 Å². The van der Waals surface area contributed by atoms with Crippen molar-refractivity contribution >= 4 is 33.2 Å². The molecule has 0 spiro atoms. The highest BCUT2D eigenvalue weighted by atomic mass is 32.1. The fourth-order valence-corrected chi connectivity index (χ4v) is 3.89. The van der Waals surface area contributed by atoms with Crippen LogP contribution in [-0.2, 0) is 4.79 Å². The molecule has 24 heavy (non-hydrogen) atoms. The van der Waals surface area contributed by atoms with Crippen molar-refractivity contribution in [3.63, 3.8) is 0 Å². The molecule has 1 fully saturated rings. The van der Waals surface area contributed by atoms with E-state index in [1.165, 1.54) is 17.4 Å². The van der Waals surface area contributed by atoms with Crippen LogP contribution in [0.4, 0.5) is 4.39 Å². The topological polar surface area (TPSA) is 52.7 Å². The van der Waals surface area contributed by atoms with Gasteiger partial charge in [0.1, 0.15) is 5.82 Å². The monoisotopic (exact) mass is 349 g/mol. The van der Waals surface area contributed by atoms with Gasteiger partial charge < -0.3 is 10.2 Å². The number of carbonyl (C=O) groups is 2. The van der Waals surface area contributed by atoms with E-state index in [1.807, 2.05) is 17.9 Å². The van der Waals surface area contributed by atoms with E-state index in [1.54, 1.807) is 17.0 Å². The number of benzene rings is 1. The van der Waals surface area contributed by atoms with Gasteiger partial charge in [-0.15, -0.1) is 11.3 Å². The molecule has 1 N–H and O–H groups in total. The number of halogens is 1. The second-order valence-electron chi connectivity index (χ2n) is 5.78. The maximum atomic E-state index is 13.8. The van der Waals surface area contributed by atoms with Gasteiger partial charge in [0.15, 0.2) is 0 Å². The Balaban J connectivity index is 1.62. The van der Waals surface area contributed by atoms with Gasteiger partial charge in [0.25, 0.3) is 5.91 Å². The maximum absolute atomic E-state index is 13.8. The lowest BCUT2D eigenvalue weighted by molar-refractivity contribution is -0.122. The number of fused-ring (bicyclic) bond motifs is 1. The number of nitrogens with zero attached hydrogens (tertiary/aromatic N) is 2. The summed E-state index contributed by atoms with van der Waals surface area (Å²) < 4.78 is 14.6. The van der Waals surface area contributed by atoms with Crippen LogP contribution in [-0.4, -0.2) is 60.9 Å². The highest BCUT2D eigenvalue weighted by Crippen LogP contribution is 2.28. The van der Waals surface area contributed by atoms with Crippen molar-refractivity contribution in [1.29, 1.82) is 0 Å². The summed E-state index contributed by atoms with van der Waals surface area (Å²) in [6.07, 6.45) is 0. The molecule has 128 valence electrons. The first-order valence-corrected chi connectivity index (χ1v) is 8.86. The highest BCUT2D eigenvalue weighted by molar-refractivity contribution is 7.20. The van der Waals surface area contributed by atoms with E-state index in [-0.39, 0.29) is 17.6 Å². The molecule has 3 rings (SSSR count). The summed E-state index contributed by atoms with van der Waals surface area (Å²) in [5, 5.41) is 3.28. The van der Waals surface area contributed by atoms with Gasteiger partial charge in [-0.05, 0) is 25.1 Å². The Morgan fingerprint density at radius 3 is 2.67 bits per heavy atom. The lowest BCUT2D eigenvalue weighted by Gasteiger charge is -2.34. The molecule has 5 nitrogen and oxygen atoms in total. The normalized spacial score (nSPS) is 15.7. The number of hydrogen-bond acceptors (Lipinski definition) is 4. The van der Waals surface area contributed by atoms with Crippen LogP contribution in [0.1, 0.15) is 16.6 Å². The van der Waals surface area contributed by atoms with Crippen LogP contribution in [0, 0.1) is 5.82 Å². The summed E-state index contributed by atoms with van der Waals surface area (Å²) in [7, 11) is 0. The van der Waals surface area contributed by atoms with Crippen molar-refractivity contribution in [2.75, 3.05) is 39.3 Å². The minimum Gasteiger partial charge on any atom is -0.355 e. The molecule has 2 aromatic rings. The number of rotatable bonds is 4. The Morgan fingerprint density at radius 1 is 1.25 bits per heavy atom. The molecule has 7 heteroatoms. The standard InChI is InChI=1S/C17H20FN3O2S/c1-2-19-16(22)11-20-6-8-21(9-7-20)17(23)15-10-12-13(18)4-3-5-14(12)24-15/h3-5,10H,2,6-9,11H2,1H3,(H,19,22). The van der Waals surface area contributed by atoms with E-state index in [9.17, 15) is 14.0 Å². The molecule has 2 heterocycles. The molecule has 2 amide bonds. The molecule has 1 aromatic heterocycles. The van der Waals surface area contributed by atoms with Crippen LogP contribution in [0.3, 0.4) is 0 Å². The van der Waals surface area contributed by atoms with Gasteiger partial charge in [-0.2, -0.15) is 0 Å². The van der Waals surface area contributed by atoms with Crippen molar-refractivity contribution in [3.05, 3.63) is 35.0 Å². The number of nitrogens with one attached hydrogen (secondary N) is 1. The molecule has 0 radical (unpaired) electrons. The Morgan fingerprint density at radius 2 is 2.00 bits per heavy atom. The molecule has 1 saturated heterocycles. The predicted octanol–water partition coefficient (Wildman–Crippen LogP) is 1.93. The lowest BCUT2D eigenvalue weighted by Crippen LogP contribution is -2.51. The van der Waals surface area contributed by atoms with Gasteiger partial charge >= 0.3 is 0 Å². The van der Waals surface area contributed by atoms with Gasteiger partial charge in [0.05, 0.1) is 11.4 Å². The van der Waals surface area contributed by atoms with E-state index in [0.29, 0.717) is 49.5 Å². The predicted molar refractivity (Wildman–Crippen MR) is 92.8 cm³/mol. The minimum atomic E-state index is -0.297. The molecule has 1 aliphatic rings. The van der Waals surface area contributed by atoms with Crippen molar-refractivity contribution < 1.29 is 14.0 Å². The maximum Gasteiger partial charge on any atom is 0.264 e. The van der Waals surface area contributed by atoms with Crippen molar-refractivity contribution in [2.45, 2.75) is 6.92 Å². The van der Waals surface area contributed by atoms with Crippen LogP contribution in [0.25, 0.3) is 10.1 Å². The molecular weight excluding hydrogens is 329 g/mol. The molecular formula is C17H20FN3O2S. The fraction of sp³-hybridized carbons (Fsp3) is 0.412. The Kier molecular flexibility index (Phi) is 5.11. The number of carbonyl (C=O) groups excluding carboxylic acids is 2. The Labute approximate surface area is 144 Å². The SMILES string of the molecule is CCNC(=O)CN1CCN(C(=O)c2cc3c(F)cccc3s2)CC1. The molecule has 1 aliphatic heterocycles. The summed E-state index contributed by atoms with van der Waals surface area (Å²) in [6, 6.07) is 6.52. The molecule has 0 atom stereocenters. The second-order valence-corrected chi connectivity index (χ2v) is 6.87. The Bertz CT molecular complexity index is 753. The number of thiophene rings is 1. The van der Waals surface area contributed by atoms with E-state index in [4.69, 9.17) is 0 Å². The summed E-state index contributed by atoms with van der Waals surface area (Å²) in [5.41, 5.74) is 0. The van der Waals surface area contributed by atoms with Crippen LogP contribution in [0.2, 0.25) is 0 Å². The molecule has 0 aliphatic carbocycles. The zero-order valence-corrected chi connectivity index (χ0v) is 14.4. The van der Waals surface area contributed by atoms with Crippen LogP contribution in [0.15, 0.2) is 24.3 Å². The highest BCUT2D eigenvalue weighted by Gasteiger charge is 2.24. The van der Waals surface area contributed by atoms with E-state index < -0.39 is 0 Å². The first-order valence-electron chi connectivity index (χ1n) is 8.05. The molecule has 0 unspecified atom stereocenters. The van der Waals surface area contributed by atoms with Crippen LogP contribution in [0.5, 0.6) is 0 Å². The van der Waals surface area contributed by atoms with Gasteiger partial charge in [-0.1, -0.05) is 6.07 Å². The van der Waals surface area contributed by atoms with Gasteiger partial charge in [0, 0.05) is 42.8 Å². The minimum absolute atomic E-state index is 0.0114. The average molecular weight is 349 g/mol. The zero-order valence-electron chi connectivity index (χ0n) is 13.5. The van der Waals surface area contributed by atoms with Crippen LogP contribution < -0.4 is 5.32 Å². The number of amides is 2. The Hall–Kier alpha value is -1.99.